The molecule has 7 heteroatoms. The maximum absolute atomic E-state index is 12.6. The van der Waals surface area contributed by atoms with Gasteiger partial charge in [0.1, 0.15) is 11.5 Å². The fourth-order valence-corrected chi connectivity index (χ4v) is 4.10. The molecule has 1 aliphatic rings. The van der Waals surface area contributed by atoms with Gasteiger partial charge in [-0.2, -0.15) is 0 Å². The summed E-state index contributed by atoms with van der Waals surface area (Å²) in [6, 6.07) is 13.2. The van der Waals surface area contributed by atoms with E-state index in [1.807, 2.05) is 29.2 Å². The molecule has 1 saturated heterocycles. The number of nitrogens with two attached hydrogens (primary N) is 1. The number of primary amides is 1. The van der Waals surface area contributed by atoms with Crippen LogP contribution in [-0.2, 0) is 9.59 Å². The van der Waals surface area contributed by atoms with Crippen molar-refractivity contribution in [2.24, 2.45) is 5.73 Å². The number of methoxy groups -OCH3 is 1. The highest BCUT2D eigenvalue weighted by atomic mass is 16.5. The lowest BCUT2D eigenvalue weighted by atomic mass is 9.89. The van der Waals surface area contributed by atoms with Crippen LogP contribution in [0.5, 0.6) is 11.5 Å². The molecule has 3 N–H and O–H groups in total. The van der Waals surface area contributed by atoms with Gasteiger partial charge in [-0.3, -0.25) is 9.59 Å². The van der Waals surface area contributed by atoms with Crippen molar-refractivity contribution in [3.63, 3.8) is 0 Å². The molecule has 4 rings (SSSR count). The van der Waals surface area contributed by atoms with Crippen LogP contribution in [0, 0.1) is 0 Å². The highest BCUT2D eigenvalue weighted by Crippen LogP contribution is 2.34. The van der Waals surface area contributed by atoms with Crippen molar-refractivity contribution in [1.29, 1.82) is 0 Å². The summed E-state index contributed by atoms with van der Waals surface area (Å²) in [5.41, 5.74) is 8.35. The number of likely N-dealkylation sites (tertiary alicyclic amines) is 1. The molecule has 0 unspecified atom stereocenters. The van der Waals surface area contributed by atoms with Gasteiger partial charge < -0.3 is 25.1 Å². The molecule has 2 amide bonds. The lowest BCUT2D eigenvalue weighted by Crippen LogP contribution is -2.36. The second-order valence-corrected chi connectivity index (χ2v) is 7.91. The van der Waals surface area contributed by atoms with E-state index in [1.54, 1.807) is 31.4 Å². The number of H-pyrrole nitrogens is 1. The fourth-order valence-electron chi connectivity index (χ4n) is 4.10. The molecule has 7 nitrogen and oxygen atoms in total. The molecule has 1 aliphatic heterocycles. The Balaban J connectivity index is 1.33. The van der Waals surface area contributed by atoms with Crippen LogP contribution in [0.3, 0.4) is 0 Å². The van der Waals surface area contributed by atoms with E-state index in [4.69, 9.17) is 15.2 Å². The van der Waals surface area contributed by atoms with Crippen LogP contribution in [-0.4, -0.2) is 48.5 Å². The third-order valence-corrected chi connectivity index (χ3v) is 5.85. The Morgan fingerprint density at radius 2 is 1.84 bits per heavy atom. The number of amides is 2. The molecular weight excluding hydrogens is 406 g/mol. The van der Waals surface area contributed by atoms with Crippen molar-refractivity contribution in [3.8, 4) is 11.5 Å². The minimum atomic E-state index is -0.521. The van der Waals surface area contributed by atoms with E-state index in [0.717, 1.165) is 42.8 Å². The molecular formula is C25H27N3O4. The summed E-state index contributed by atoms with van der Waals surface area (Å²) in [7, 11) is 1.68. The number of nitrogens with one attached hydrogen (secondary N) is 1. The van der Waals surface area contributed by atoms with Crippen molar-refractivity contribution >= 4 is 28.8 Å². The SMILES string of the molecule is COc1ccc2[nH]cc(C3CCN(C(=O)/C=C/c4ccc(OCC(N)=O)cc4)CC3)c2c1. The Labute approximate surface area is 186 Å². The average Bonchev–Trinajstić information content (AvgIpc) is 3.25. The van der Waals surface area contributed by atoms with Gasteiger partial charge in [0.25, 0.3) is 5.91 Å². The number of piperidine rings is 1. The summed E-state index contributed by atoms with van der Waals surface area (Å²) in [6.45, 7) is 1.30. The van der Waals surface area contributed by atoms with Crippen LogP contribution in [0.25, 0.3) is 17.0 Å². The van der Waals surface area contributed by atoms with Gasteiger partial charge in [0.05, 0.1) is 7.11 Å². The molecule has 1 fully saturated rings. The first kappa shape index (κ1) is 21.5. The Kier molecular flexibility index (Phi) is 6.44. The van der Waals surface area contributed by atoms with Crippen LogP contribution in [0.2, 0.25) is 0 Å². The zero-order valence-corrected chi connectivity index (χ0v) is 18.0. The van der Waals surface area contributed by atoms with E-state index in [2.05, 4.69) is 17.2 Å². The molecule has 2 aromatic carbocycles. The van der Waals surface area contributed by atoms with Gasteiger partial charge >= 0.3 is 0 Å². The lowest BCUT2D eigenvalue weighted by Gasteiger charge is -2.31. The van der Waals surface area contributed by atoms with Gasteiger partial charge in [-0.15, -0.1) is 0 Å². The summed E-state index contributed by atoms with van der Waals surface area (Å²) in [4.78, 5) is 28.7. The number of carbonyl (C=O) groups is 2. The molecule has 3 aromatic rings. The third-order valence-electron chi connectivity index (χ3n) is 5.85. The number of fused-ring (bicyclic) bond motifs is 1. The topological polar surface area (TPSA) is 97.7 Å². The third kappa shape index (κ3) is 4.94. The molecule has 0 atom stereocenters. The van der Waals surface area contributed by atoms with Crippen molar-refractivity contribution in [3.05, 3.63) is 65.9 Å². The van der Waals surface area contributed by atoms with Crippen LogP contribution in [0.15, 0.2) is 54.7 Å². The zero-order chi connectivity index (χ0) is 22.5. The Morgan fingerprint density at radius 1 is 1.12 bits per heavy atom. The van der Waals surface area contributed by atoms with Gasteiger partial charge in [-0.25, -0.2) is 0 Å². The molecule has 1 aromatic heterocycles. The number of carbonyl (C=O) groups excluding carboxylic acids is 2. The van der Waals surface area contributed by atoms with Gasteiger partial charge in [-0.1, -0.05) is 12.1 Å². The minimum absolute atomic E-state index is 0.0121. The van der Waals surface area contributed by atoms with E-state index >= 15 is 0 Å². The van der Waals surface area contributed by atoms with Crippen molar-refractivity contribution < 1.29 is 19.1 Å². The highest BCUT2D eigenvalue weighted by Gasteiger charge is 2.24. The number of aromatic amines is 1. The summed E-state index contributed by atoms with van der Waals surface area (Å²) < 4.78 is 10.6. The molecule has 2 heterocycles. The van der Waals surface area contributed by atoms with E-state index in [0.29, 0.717) is 11.7 Å². The quantitative estimate of drug-likeness (QED) is 0.558. The summed E-state index contributed by atoms with van der Waals surface area (Å²) in [5.74, 6) is 1.32. The predicted octanol–water partition coefficient (Wildman–Crippen LogP) is 3.46. The molecule has 0 bridgehead atoms. The molecule has 0 saturated carbocycles. The van der Waals surface area contributed by atoms with Gasteiger partial charge in [0.2, 0.25) is 5.91 Å². The maximum Gasteiger partial charge on any atom is 0.255 e. The molecule has 0 aliphatic carbocycles. The molecule has 166 valence electrons. The number of benzene rings is 2. The van der Waals surface area contributed by atoms with Gasteiger partial charge in [0.15, 0.2) is 6.61 Å². The zero-order valence-electron chi connectivity index (χ0n) is 18.0. The normalized spacial score (nSPS) is 14.7. The summed E-state index contributed by atoms with van der Waals surface area (Å²) in [6.07, 6.45) is 7.34. The number of nitrogens with zero attached hydrogens (tertiary/aromatic N) is 1. The number of rotatable bonds is 7. The van der Waals surface area contributed by atoms with Crippen molar-refractivity contribution in [2.75, 3.05) is 26.8 Å². The first-order valence-electron chi connectivity index (χ1n) is 10.7. The first-order chi connectivity index (χ1) is 15.5. The maximum atomic E-state index is 12.6. The van der Waals surface area contributed by atoms with Crippen LogP contribution >= 0.6 is 0 Å². The first-order valence-corrected chi connectivity index (χ1v) is 10.7. The average molecular weight is 434 g/mol. The summed E-state index contributed by atoms with van der Waals surface area (Å²) >= 11 is 0. The van der Waals surface area contributed by atoms with Crippen LogP contribution in [0.4, 0.5) is 0 Å². The number of hydrogen-bond donors (Lipinski definition) is 2. The second-order valence-electron chi connectivity index (χ2n) is 7.91. The minimum Gasteiger partial charge on any atom is -0.497 e. The number of hydrogen-bond acceptors (Lipinski definition) is 4. The molecule has 0 radical (unpaired) electrons. The van der Waals surface area contributed by atoms with Crippen molar-refractivity contribution in [2.45, 2.75) is 18.8 Å². The largest absolute Gasteiger partial charge is 0.497 e. The molecule has 0 spiro atoms. The predicted molar refractivity (Wildman–Crippen MR) is 124 cm³/mol. The van der Waals surface area contributed by atoms with E-state index in [9.17, 15) is 9.59 Å². The van der Waals surface area contributed by atoms with E-state index in [1.165, 1.54) is 10.9 Å². The number of aromatic nitrogens is 1. The highest BCUT2D eigenvalue weighted by molar-refractivity contribution is 5.92. The lowest BCUT2D eigenvalue weighted by molar-refractivity contribution is -0.127. The Hall–Kier alpha value is -3.74. The van der Waals surface area contributed by atoms with E-state index in [-0.39, 0.29) is 12.5 Å². The Morgan fingerprint density at radius 3 is 2.53 bits per heavy atom. The van der Waals surface area contributed by atoms with Crippen LogP contribution < -0.4 is 15.2 Å². The standard InChI is InChI=1S/C25H27N3O4/c1-31-20-7-8-23-21(14-20)22(15-27-23)18-10-12-28(13-11-18)25(30)9-4-17-2-5-19(6-3-17)32-16-24(26)29/h2-9,14-15,18,27H,10-13,16H2,1H3,(H2,26,29)/b9-4+. The monoisotopic (exact) mass is 433 g/mol. The van der Waals surface area contributed by atoms with Gasteiger partial charge in [0, 0.05) is 36.3 Å². The smallest absolute Gasteiger partial charge is 0.255 e. The molecule has 32 heavy (non-hydrogen) atoms. The Bertz CT molecular complexity index is 1130. The van der Waals surface area contributed by atoms with Gasteiger partial charge in [-0.05, 0) is 66.3 Å². The van der Waals surface area contributed by atoms with Crippen LogP contribution in [0.1, 0.15) is 29.9 Å². The fraction of sp³-hybridized carbons (Fsp3) is 0.280. The van der Waals surface area contributed by atoms with E-state index < -0.39 is 5.91 Å². The summed E-state index contributed by atoms with van der Waals surface area (Å²) in [5, 5.41) is 1.19. The van der Waals surface area contributed by atoms with Crippen molar-refractivity contribution in [1.82, 2.24) is 9.88 Å². The number of ether oxygens (including phenoxy) is 2. The second kappa shape index (κ2) is 9.60.